The molecule has 3 heterocycles. The molecule has 1 aromatic carbocycles. The topological polar surface area (TPSA) is 75.4 Å². The van der Waals surface area contributed by atoms with Crippen molar-refractivity contribution in [2.24, 2.45) is 0 Å². The molecule has 4 rings (SSSR count). The van der Waals surface area contributed by atoms with Crippen LogP contribution in [0.3, 0.4) is 0 Å². The number of benzene rings is 1. The van der Waals surface area contributed by atoms with Crippen LogP contribution in [0.25, 0.3) is 5.78 Å². The van der Waals surface area contributed by atoms with Gasteiger partial charge in [0.25, 0.3) is 5.78 Å². The van der Waals surface area contributed by atoms with Crippen molar-refractivity contribution < 1.29 is 4.79 Å². The molecule has 1 aliphatic rings. The Balaban J connectivity index is 1.41. The molecule has 1 N–H and O–H groups in total. The highest BCUT2D eigenvalue weighted by molar-refractivity contribution is 7.99. The minimum Gasteiger partial charge on any atom is -0.326 e. The summed E-state index contributed by atoms with van der Waals surface area (Å²) in [6.07, 6.45) is 2.52. The minimum atomic E-state index is 0.0158. The highest BCUT2D eigenvalue weighted by Gasteiger charge is 2.15. The maximum Gasteiger partial charge on any atom is 0.252 e. The Morgan fingerprint density at radius 2 is 2.00 bits per heavy atom. The van der Waals surface area contributed by atoms with Gasteiger partial charge in [0.05, 0.1) is 0 Å². The third-order valence-corrected chi connectivity index (χ3v) is 6.75. The SMILES string of the molecule is Cc1nc2ncnn2c(C)c1CCC(=O)Nc1cccc(CN2CCSCC2)c1C. The fourth-order valence-corrected chi connectivity index (χ4v) is 4.94. The van der Waals surface area contributed by atoms with Gasteiger partial charge in [-0.3, -0.25) is 9.69 Å². The Labute approximate surface area is 181 Å². The number of hydrogen-bond donors (Lipinski definition) is 1. The standard InChI is InChI=1S/C22H28N6OS/c1-15-18(13-27-9-11-30-12-10-27)5-4-6-20(15)26-21(29)8-7-19-16(2)25-22-23-14-24-28(22)17(19)3/h4-6,14H,7-13H2,1-3H3,(H,26,29). The second kappa shape index (κ2) is 9.14. The number of fused-ring (bicyclic) bond motifs is 1. The van der Waals surface area contributed by atoms with Gasteiger partial charge in [0.1, 0.15) is 6.33 Å². The van der Waals surface area contributed by atoms with Crippen LogP contribution in [0.5, 0.6) is 0 Å². The maximum atomic E-state index is 12.7. The van der Waals surface area contributed by atoms with E-state index >= 15 is 0 Å². The van der Waals surface area contributed by atoms with E-state index in [-0.39, 0.29) is 5.91 Å². The van der Waals surface area contributed by atoms with E-state index in [1.54, 1.807) is 4.52 Å². The summed E-state index contributed by atoms with van der Waals surface area (Å²) >= 11 is 2.02. The highest BCUT2D eigenvalue weighted by Crippen LogP contribution is 2.22. The van der Waals surface area contributed by atoms with Gasteiger partial charge in [-0.1, -0.05) is 12.1 Å². The van der Waals surface area contributed by atoms with E-state index in [9.17, 15) is 4.79 Å². The molecule has 0 atom stereocenters. The average molecular weight is 425 g/mol. The van der Waals surface area contributed by atoms with E-state index in [1.807, 2.05) is 37.7 Å². The van der Waals surface area contributed by atoms with Crippen LogP contribution in [0.4, 0.5) is 5.69 Å². The predicted octanol–water partition coefficient (Wildman–Crippen LogP) is 3.17. The molecular weight excluding hydrogens is 396 g/mol. The van der Waals surface area contributed by atoms with Crippen molar-refractivity contribution in [2.75, 3.05) is 29.9 Å². The summed E-state index contributed by atoms with van der Waals surface area (Å²) in [6, 6.07) is 6.19. The van der Waals surface area contributed by atoms with Gasteiger partial charge in [-0.2, -0.15) is 21.8 Å². The van der Waals surface area contributed by atoms with Gasteiger partial charge in [0, 0.05) is 54.6 Å². The number of thioether (sulfide) groups is 1. The van der Waals surface area contributed by atoms with Gasteiger partial charge in [-0.25, -0.2) is 9.50 Å². The molecular formula is C22H28N6OS. The number of carbonyl (C=O) groups is 1. The summed E-state index contributed by atoms with van der Waals surface area (Å²) in [4.78, 5) is 23.8. The molecule has 1 aliphatic heterocycles. The van der Waals surface area contributed by atoms with Crippen molar-refractivity contribution in [1.29, 1.82) is 0 Å². The van der Waals surface area contributed by atoms with Gasteiger partial charge in [0.2, 0.25) is 5.91 Å². The van der Waals surface area contributed by atoms with Gasteiger partial charge in [0.15, 0.2) is 0 Å². The van der Waals surface area contributed by atoms with E-state index in [0.29, 0.717) is 18.6 Å². The fraction of sp³-hybridized carbons (Fsp3) is 0.455. The Kier molecular flexibility index (Phi) is 6.34. The molecule has 0 bridgehead atoms. The van der Waals surface area contributed by atoms with Crippen molar-refractivity contribution in [1.82, 2.24) is 24.5 Å². The zero-order valence-corrected chi connectivity index (χ0v) is 18.6. The first-order valence-electron chi connectivity index (χ1n) is 10.4. The first kappa shape index (κ1) is 20.8. The van der Waals surface area contributed by atoms with Gasteiger partial charge < -0.3 is 5.32 Å². The summed E-state index contributed by atoms with van der Waals surface area (Å²) in [5.74, 6) is 3.01. The van der Waals surface area contributed by atoms with Gasteiger partial charge in [-0.15, -0.1) is 0 Å². The highest BCUT2D eigenvalue weighted by atomic mass is 32.2. The second-order valence-corrected chi connectivity index (χ2v) is 8.98. The van der Waals surface area contributed by atoms with Crippen LogP contribution in [0, 0.1) is 20.8 Å². The molecule has 0 radical (unpaired) electrons. The number of nitrogens with one attached hydrogen (secondary N) is 1. The predicted molar refractivity (Wildman–Crippen MR) is 121 cm³/mol. The van der Waals surface area contributed by atoms with Crippen molar-refractivity contribution >= 4 is 29.1 Å². The summed E-state index contributed by atoms with van der Waals surface area (Å²) in [5.41, 5.74) is 6.28. The molecule has 7 nitrogen and oxygen atoms in total. The zero-order valence-electron chi connectivity index (χ0n) is 17.8. The zero-order chi connectivity index (χ0) is 21.1. The first-order valence-corrected chi connectivity index (χ1v) is 11.5. The second-order valence-electron chi connectivity index (χ2n) is 7.76. The monoisotopic (exact) mass is 424 g/mol. The lowest BCUT2D eigenvalue weighted by Gasteiger charge is -2.27. The fourth-order valence-electron chi connectivity index (χ4n) is 3.96. The number of anilines is 1. The van der Waals surface area contributed by atoms with E-state index in [4.69, 9.17) is 0 Å². The number of aromatic nitrogens is 4. The Morgan fingerprint density at radius 3 is 2.80 bits per heavy atom. The molecule has 1 saturated heterocycles. The summed E-state index contributed by atoms with van der Waals surface area (Å²) < 4.78 is 1.73. The lowest BCUT2D eigenvalue weighted by Crippen LogP contribution is -2.32. The van der Waals surface area contributed by atoms with Crippen molar-refractivity contribution in [3.8, 4) is 0 Å². The van der Waals surface area contributed by atoms with Crippen LogP contribution in [-0.2, 0) is 17.8 Å². The van der Waals surface area contributed by atoms with Crippen LogP contribution in [0.1, 0.15) is 34.5 Å². The minimum absolute atomic E-state index is 0.0158. The quantitative estimate of drug-likeness (QED) is 0.655. The summed E-state index contributed by atoms with van der Waals surface area (Å²) in [7, 11) is 0. The number of carbonyl (C=O) groups excluding carboxylic acids is 1. The number of rotatable bonds is 6. The third kappa shape index (κ3) is 4.49. The lowest BCUT2D eigenvalue weighted by atomic mass is 10.0. The molecule has 3 aromatic rings. The molecule has 8 heteroatoms. The van der Waals surface area contributed by atoms with Crippen molar-refractivity contribution in [2.45, 2.75) is 40.2 Å². The van der Waals surface area contributed by atoms with Crippen molar-refractivity contribution in [3.63, 3.8) is 0 Å². The number of nitrogens with zero attached hydrogens (tertiary/aromatic N) is 5. The van der Waals surface area contributed by atoms with E-state index in [2.05, 4.69) is 38.3 Å². The Hall–Kier alpha value is -2.45. The van der Waals surface area contributed by atoms with E-state index in [1.165, 1.54) is 23.4 Å². The number of amides is 1. The smallest absolute Gasteiger partial charge is 0.252 e. The number of hydrogen-bond acceptors (Lipinski definition) is 6. The van der Waals surface area contributed by atoms with E-state index in [0.717, 1.165) is 47.8 Å². The Morgan fingerprint density at radius 1 is 1.20 bits per heavy atom. The molecule has 0 saturated carbocycles. The Bertz CT molecular complexity index is 1060. The molecule has 2 aromatic heterocycles. The van der Waals surface area contributed by atoms with Gasteiger partial charge in [-0.05, 0) is 49.9 Å². The largest absolute Gasteiger partial charge is 0.326 e. The van der Waals surface area contributed by atoms with Crippen molar-refractivity contribution in [3.05, 3.63) is 52.6 Å². The molecule has 0 spiro atoms. The van der Waals surface area contributed by atoms with Crippen LogP contribution in [-0.4, -0.2) is 55.0 Å². The molecule has 1 amide bonds. The molecule has 0 aliphatic carbocycles. The number of aryl methyl sites for hydroxylation is 2. The molecule has 30 heavy (non-hydrogen) atoms. The molecule has 158 valence electrons. The summed E-state index contributed by atoms with van der Waals surface area (Å²) in [5, 5.41) is 7.33. The molecule has 0 unspecified atom stereocenters. The van der Waals surface area contributed by atoms with Crippen LogP contribution >= 0.6 is 11.8 Å². The van der Waals surface area contributed by atoms with Crippen LogP contribution in [0.2, 0.25) is 0 Å². The normalized spacial score (nSPS) is 14.9. The maximum absolute atomic E-state index is 12.7. The van der Waals surface area contributed by atoms with Crippen LogP contribution < -0.4 is 5.32 Å². The third-order valence-electron chi connectivity index (χ3n) is 5.81. The first-order chi connectivity index (χ1) is 14.5. The average Bonchev–Trinajstić information content (AvgIpc) is 3.20. The molecule has 1 fully saturated rings. The lowest BCUT2D eigenvalue weighted by molar-refractivity contribution is -0.116. The van der Waals surface area contributed by atoms with E-state index < -0.39 is 0 Å². The van der Waals surface area contributed by atoms with Crippen LogP contribution in [0.15, 0.2) is 24.5 Å². The van der Waals surface area contributed by atoms with Gasteiger partial charge >= 0.3 is 0 Å². The summed E-state index contributed by atoms with van der Waals surface area (Å²) in [6.45, 7) is 9.25.